The summed E-state index contributed by atoms with van der Waals surface area (Å²) >= 11 is 3.45. The van der Waals surface area contributed by atoms with Crippen LogP contribution in [-0.2, 0) is 5.41 Å². The van der Waals surface area contributed by atoms with Gasteiger partial charge in [0.15, 0.2) is 0 Å². The topological polar surface area (TPSA) is 73.9 Å². The first-order chi connectivity index (χ1) is 25.6. The van der Waals surface area contributed by atoms with Crippen LogP contribution in [0.5, 0.6) is 0 Å². The van der Waals surface area contributed by atoms with Crippen molar-refractivity contribution in [2.24, 2.45) is 5.73 Å². The van der Waals surface area contributed by atoms with Crippen molar-refractivity contribution in [2.45, 2.75) is 90.9 Å². The van der Waals surface area contributed by atoms with Gasteiger partial charge in [0.2, 0.25) is 0 Å². The van der Waals surface area contributed by atoms with Gasteiger partial charge in [-0.1, -0.05) is 171 Å². The summed E-state index contributed by atoms with van der Waals surface area (Å²) in [6, 6.07) is 51.6. The van der Waals surface area contributed by atoms with Crippen LogP contribution in [0.3, 0.4) is 0 Å². The Kier molecular flexibility index (Phi) is 11.0. The number of thioether (sulfide) groups is 2. The molecule has 2 saturated heterocycles. The number of hydrogen-bond donors (Lipinski definition) is 4. The summed E-state index contributed by atoms with van der Waals surface area (Å²) in [5, 5.41) is 17.9. The number of benzene rings is 5. The fourth-order valence-electron chi connectivity index (χ4n) is 8.76. The third-order valence-corrected chi connectivity index (χ3v) is 14.5. The molecule has 0 aromatic heterocycles. The SMILES string of the molecule is N=C(SC(N)c1ccc(C2(c3ccc(C4CC(c5ccccc5)NC(c5ccccc5)N4)cc3)CCCCC2)cc1)C1CCC(c2ccccc2)S1. The Bertz CT molecular complexity index is 1850. The number of nitrogens with one attached hydrogen (secondary N) is 3. The quantitative estimate of drug-likeness (QED) is 0.0692. The van der Waals surface area contributed by atoms with E-state index < -0.39 is 0 Å². The summed E-state index contributed by atoms with van der Waals surface area (Å²) in [6.45, 7) is 0. The highest BCUT2D eigenvalue weighted by molar-refractivity contribution is 8.16. The lowest BCUT2D eigenvalue weighted by atomic mass is 9.65. The summed E-state index contributed by atoms with van der Waals surface area (Å²) in [5.74, 6) is 0. The van der Waals surface area contributed by atoms with Crippen LogP contribution < -0.4 is 16.4 Å². The fraction of sp³-hybridized carbons (Fsp3) is 0.326. The highest BCUT2D eigenvalue weighted by atomic mass is 32.2. The van der Waals surface area contributed by atoms with Crippen molar-refractivity contribution >= 4 is 28.6 Å². The summed E-state index contributed by atoms with van der Waals surface area (Å²) in [6.07, 6.45) is 9.33. The zero-order chi connectivity index (χ0) is 35.3. The van der Waals surface area contributed by atoms with Crippen molar-refractivity contribution < 1.29 is 0 Å². The lowest BCUT2D eigenvalue weighted by Gasteiger charge is -2.40. The number of nitrogens with two attached hydrogens (primary N) is 1. The molecule has 1 aliphatic carbocycles. The van der Waals surface area contributed by atoms with E-state index in [-0.39, 0.29) is 34.3 Å². The molecule has 6 heteroatoms. The number of rotatable bonds is 9. The van der Waals surface area contributed by atoms with E-state index in [4.69, 9.17) is 11.1 Å². The van der Waals surface area contributed by atoms with Crippen LogP contribution in [-0.4, -0.2) is 10.3 Å². The number of hydrogen-bond acceptors (Lipinski definition) is 6. The highest BCUT2D eigenvalue weighted by Gasteiger charge is 2.37. The molecule has 5 aromatic carbocycles. The van der Waals surface area contributed by atoms with Gasteiger partial charge >= 0.3 is 0 Å². The Labute approximate surface area is 318 Å². The molecular weight excluding hydrogens is 673 g/mol. The second-order valence-electron chi connectivity index (χ2n) is 14.8. The van der Waals surface area contributed by atoms with Gasteiger partial charge in [0.1, 0.15) is 0 Å². The first kappa shape index (κ1) is 35.4. The van der Waals surface area contributed by atoms with Crippen molar-refractivity contribution in [2.75, 3.05) is 0 Å². The van der Waals surface area contributed by atoms with Crippen LogP contribution in [0, 0.1) is 5.41 Å². The minimum atomic E-state index is -0.239. The molecule has 8 rings (SSSR count). The Hall–Kier alpha value is -3.65. The van der Waals surface area contributed by atoms with E-state index in [0.717, 1.165) is 37.7 Å². The Morgan fingerprint density at radius 1 is 0.635 bits per heavy atom. The monoisotopic (exact) mass is 722 g/mol. The van der Waals surface area contributed by atoms with Gasteiger partial charge in [-0.25, -0.2) is 0 Å². The third-order valence-electron chi connectivity index (χ3n) is 11.6. The summed E-state index contributed by atoms with van der Waals surface area (Å²) in [5.41, 5.74) is 16.0. The van der Waals surface area contributed by atoms with E-state index in [1.165, 1.54) is 64.4 Å². The third kappa shape index (κ3) is 7.69. The van der Waals surface area contributed by atoms with Crippen LogP contribution in [0.15, 0.2) is 140 Å². The predicted molar refractivity (Wildman–Crippen MR) is 221 cm³/mol. The molecule has 6 atom stereocenters. The second kappa shape index (κ2) is 16.2. The van der Waals surface area contributed by atoms with Gasteiger partial charge in [-0.15, -0.1) is 11.8 Å². The molecule has 2 aliphatic heterocycles. The first-order valence-corrected chi connectivity index (χ1v) is 20.9. The molecule has 52 heavy (non-hydrogen) atoms. The van der Waals surface area contributed by atoms with E-state index in [1.54, 1.807) is 0 Å². The molecule has 1 saturated carbocycles. The molecule has 5 aromatic rings. The van der Waals surface area contributed by atoms with Gasteiger partial charge in [0.25, 0.3) is 0 Å². The molecule has 4 nitrogen and oxygen atoms in total. The van der Waals surface area contributed by atoms with Crippen molar-refractivity contribution in [1.82, 2.24) is 10.6 Å². The molecule has 0 spiro atoms. The zero-order valence-corrected chi connectivity index (χ0v) is 31.4. The minimum absolute atomic E-state index is 0.00684. The molecule has 2 heterocycles. The molecule has 3 aliphatic rings. The van der Waals surface area contributed by atoms with Gasteiger partial charge in [-0.2, -0.15) is 0 Å². The van der Waals surface area contributed by atoms with Crippen LogP contribution in [0.4, 0.5) is 0 Å². The molecule has 0 amide bonds. The molecule has 6 unspecified atom stereocenters. The van der Waals surface area contributed by atoms with Crippen LogP contribution in [0.2, 0.25) is 0 Å². The predicted octanol–water partition coefficient (Wildman–Crippen LogP) is 11.3. The Morgan fingerprint density at radius 3 is 1.75 bits per heavy atom. The van der Waals surface area contributed by atoms with Crippen molar-refractivity contribution in [1.29, 1.82) is 5.41 Å². The van der Waals surface area contributed by atoms with Gasteiger partial charge in [-0.05, 0) is 71.0 Å². The maximum atomic E-state index is 8.92. The van der Waals surface area contributed by atoms with E-state index in [1.807, 2.05) is 11.8 Å². The Balaban J connectivity index is 0.977. The largest absolute Gasteiger partial charge is 0.315 e. The van der Waals surface area contributed by atoms with E-state index in [9.17, 15) is 0 Å². The van der Waals surface area contributed by atoms with Gasteiger partial charge in [0.05, 0.1) is 21.8 Å². The van der Waals surface area contributed by atoms with Gasteiger partial charge in [0, 0.05) is 22.7 Å². The molecular formula is C46H50N4S2. The van der Waals surface area contributed by atoms with Crippen molar-refractivity contribution in [3.05, 3.63) is 178 Å². The van der Waals surface area contributed by atoms with Crippen LogP contribution >= 0.6 is 23.5 Å². The zero-order valence-electron chi connectivity index (χ0n) is 29.8. The normalized spacial score (nSPS) is 25.0. The van der Waals surface area contributed by atoms with E-state index in [0.29, 0.717) is 10.3 Å². The molecule has 266 valence electrons. The standard InChI is InChI=1S/C46H50N4S2/c47-43(52-44(48)42-28-27-41(51-42)34-15-7-2-8-16-34)35-21-25-38(26-22-35)46(29-11-4-12-30-46)37-23-19-33(20-24-37)40-31-39(32-13-5-1-6-14-32)49-45(50-40)36-17-9-3-10-18-36/h1-3,5-10,13-26,39-43,45,48-50H,4,11-12,27-31,47H2. The summed E-state index contributed by atoms with van der Waals surface area (Å²) in [4.78, 5) is 0. The van der Waals surface area contributed by atoms with Crippen molar-refractivity contribution in [3.8, 4) is 0 Å². The molecule has 0 bridgehead atoms. The summed E-state index contributed by atoms with van der Waals surface area (Å²) in [7, 11) is 0. The first-order valence-electron chi connectivity index (χ1n) is 19.1. The molecule has 5 N–H and O–H groups in total. The summed E-state index contributed by atoms with van der Waals surface area (Å²) < 4.78 is 0. The highest BCUT2D eigenvalue weighted by Crippen LogP contribution is 2.48. The second-order valence-corrected chi connectivity index (χ2v) is 17.4. The van der Waals surface area contributed by atoms with Crippen LogP contribution in [0.25, 0.3) is 0 Å². The van der Waals surface area contributed by atoms with E-state index >= 15 is 0 Å². The van der Waals surface area contributed by atoms with Crippen LogP contribution in [0.1, 0.15) is 119 Å². The lowest BCUT2D eigenvalue weighted by Crippen LogP contribution is -2.45. The molecule has 0 radical (unpaired) electrons. The fourth-order valence-corrected chi connectivity index (χ4v) is 11.3. The lowest BCUT2D eigenvalue weighted by molar-refractivity contribution is 0.247. The van der Waals surface area contributed by atoms with Gasteiger partial charge in [-0.3, -0.25) is 16.0 Å². The maximum Gasteiger partial charge on any atom is 0.0845 e. The van der Waals surface area contributed by atoms with Gasteiger partial charge < -0.3 is 5.73 Å². The molecule has 3 fully saturated rings. The minimum Gasteiger partial charge on any atom is -0.315 e. The smallest absolute Gasteiger partial charge is 0.0845 e. The van der Waals surface area contributed by atoms with E-state index in [2.05, 4.69) is 150 Å². The average molecular weight is 723 g/mol. The maximum absolute atomic E-state index is 8.92. The van der Waals surface area contributed by atoms with Crippen molar-refractivity contribution in [3.63, 3.8) is 0 Å². The average Bonchev–Trinajstić information content (AvgIpc) is 3.73. The Morgan fingerprint density at radius 2 is 1.15 bits per heavy atom.